The maximum atomic E-state index is 2.75. The quantitative estimate of drug-likeness (QED) is 0.156. The van der Waals surface area contributed by atoms with E-state index in [1.165, 1.54) is 96.0 Å². The van der Waals surface area contributed by atoms with Gasteiger partial charge in [-0.05, 0) is 149 Å². The Morgan fingerprint density at radius 2 is 1.45 bits per heavy atom. The molecule has 5 aliphatic rings. The third-order valence-corrected chi connectivity index (χ3v) is 14.7. The van der Waals surface area contributed by atoms with Gasteiger partial charge in [0.15, 0.2) is 0 Å². The number of allylic oxidation sites excluding steroid dienone is 11. The van der Waals surface area contributed by atoms with Gasteiger partial charge in [-0.1, -0.05) is 157 Å². The number of para-hydroxylation sites is 1. The Labute approximate surface area is 365 Å². The van der Waals surface area contributed by atoms with E-state index in [0.717, 1.165) is 38.5 Å². The van der Waals surface area contributed by atoms with E-state index in [0.29, 0.717) is 17.9 Å². The minimum atomic E-state index is 0.446. The van der Waals surface area contributed by atoms with Crippen LogP contribution in [0.5, 0.6) is 0 Å². The molecule has 0 spiro atoms. The standard InChI is InChI=1S/C60H52N2/c1-2-13-41(14-3-1)42-25-32-48(33-26-42)61(50-36-29-45(30-37-50)57-40-47-16-5-6-19-52(47)54-21-8-9-22-55(54)57)49-34-27-43(28-35-49)46-17-12-18-51(39-46)62-58-24-11-10-23-56(58)60-53-20-7-4-15-44(53)31-38-59(60)62/h1-2,4-13,15-25,27-28,31,34-36,38-39,45,47-48H,3,14,26,29-30,32-33,37,40H2. The van der Waals surface area contributed by atoms with Crippen molar-refractivity contribution in [3.8, 4) is 16.8 Å². The highest BCUT2D eigenvalue weighted by Crippen LogP contribution is 2.42. The Morgan fingerprint density at radius 3 is 2.29 bits per heavy atom. The van der Waals surface area contributed by atoms with Gasteiger partial charge in [-0.2, -0.15) is 0 Å². The average molecular weight is 801 g/mol. The van der Waals surface area contributed by atoms with E-state index >= 15 is 0 Å². The second kappa shape index (κ2) is 15.7. The van der Waals surface area contributed by atoms with Crippen LogP contribution in [0.15, 0.2) is 205 Å². The highest BCUT2D eigenvalue weighted by molar-refractivity contribution is 6.21. The van der Waals surface area contributed by atoms with Crippen molar-refractivity contribution in [1.29, 1.82) is 0 Å². The number of aromatic nitrogens is 1. The monoisotopic (exact) mass is 800 g/mol. The van der Waals surface area contributed by atoms with Crippen molar-refractivity contribution >= 4 is 49.4 Å². The molecule has 62 heavy (non-hydrogen) atoms. The van der Waals surface area contributed by atoms with Gasteiger partial charge in [0.1, 0.15) is 0 Å². The first-order valence-corrected chi connectivity index (χ1v) is 23.1. The SMILES string of the molecule is C1=CCCC(C2=CCC(N(C3=CCC(C4=c5ccccc5=C5C=CC=CC5C4)CC3)c3ccc(-c4cccc(-n5c6ccccc6c6c7ccccc7ccc65)c4)cc3)CC2)=C1. The van der Waals surface area contributed by atoms with Crippen molar-refractivity contribution in [3.05, 3.63) is 215 Å². The van der Waals surface area contributed by atoms with Gasteiger partial charge in [0, 0.05) is 39.8 Å². The summed E-state index contributed by atoms with van der Waals surface area (Å²) in [6, 6.07) is 50.5. The molecule has 6 aromatic carbocycles. The molecule has 0 saturated heterocycles. The molecule has 1 heterocycles. The van der Waals surface area contributed by atoms with E-state index in [4.69, 9.17) is 0 Å². The fraction of sp³-hybridized carbons (Fsp3) is 0.200. The molecule has 0 N–H and O–H groups in total. The number of rotatable bonds is 7. The number of benzene rings is 6. The number of nitrogens with zero attached hydrogens (tertiary/aromatic N) is 2. The van der Waals surface area contributed by atoms with Crippen LogP contribution in [-0.4, -0.2) is 10.6 Å². The number of anilines is 1. The van der Waals surface area contributed by atoms with Crippen LogP contribution in [0.25, 0.3) is 60.5 Å². The van der Waals surface area contributed by atoms with E-state index in [2.05, 4.69) is 198 Å². The molecular weight excluding hydrogens is 749 g/mol. The third-order valence-electron chi connectivity index (χ3n) is 14.7. The van der Waals surface area contributed by atoms with E-state index in [-0.39, 0.29) is 0 Å². The van der Waals surface area contributed by atoms with Crippen LogP contribution in [0.1, 0.15) is 57.8 Å². The van der Waals surface area contributed by atoms with Crippen LogP contribution >= 0.6 is 0 Å². The number of hydrogen-bond acceptors (Lipinski definition) is 1. The predicted molar refractivity (Wildman–Crippen MR) is 263 cm³/mol. The Kier molecular flexibility index (Phi) is 9.39. The van der Waals surface area contributed by atoms with Crippen molar-refractivity contribution in [2.75, 3.05) is 4.90 Å². The van der Waals surface area contributed by atoms with Gasteiger partial charge in [0.05, 0.1) is 11.0 Å². The van der Waals surface area contributed by atoms with Gasteiger partial charge in [0.2, 0.25) is 0 Å². The first-order valence-electron chi connectivity index (χ1n) is 23.1. The molecule has 0 amide bonds. The summed E-state index contributed by atoms with van der Waals surface area (Å²) in [7, 11) is 0. The largest absolute Gasteiger partial charge is 0.342 e. The molecule has 0 bridgehead atoms. The van der Waals surface area contributed by atoms with Gasteiger partial charge in [-0.15, -0.1) is 0 Å². The zero-order chi connectivity index (χ0) is 41.0. The summed E-state index contributed by atoms with van der Waals surface area (Å²) in [4.78, 5) is 2.75. The van der Waals surface area contributed by atoms with Crippen molar-refractivity contribution in [1.82, 2.24) is 4.57 Å². The molecule has 1 aromatic heterocycles. The smallest absolute Gasteiger partial charge is 0.0547 e. The van der Waals surface area contributed by atoms with Crippen LogP contribution in [0.4, 0.5) is 5.69 Å². The van der Waals surface area contributed by atoms with Gasteiger partial charge in [-0.3, -0.25) is 0 Å². The summed E-state index contributed by atoms with van der Waals surface area (Å²) in [6.07, 6.45) is 31.6. The van der Waals surface area contributed by atoms with Crippen LogP contribution in [0.2, 0.25) is 0 Å². The van der Waals surface area contributed by atoms with Crippen LogP contribution in [0, 0.1) is 11.8 Å². The van der Waals surface area contributed by atoms with E-state index < -0.39 is 0 Å². The third kappa shape index (κ3) is 6.47. The predicted octanol–water partition coefficient (Wildman–Crippen LogP) is 14.0. The zero-order valence-corrected chi connectivity index (χ0v) is 35.4. The van der Waals surface area contributed by atoms with Crippen LogP contribution in [0.3, 0.4) is 0 Å². The van der Waals surface area contributed by atoms with E-state index in [9.17, 15) is 0 Å². The summed E-state index contributed by atoms with van der Waals surface area (Å²) < 4.78 is 2.45. The molecule has 3 unspecified atom stereocenters. The van der Waals surface area contributed by atoms with Gasteiger partial charge in [-0.25, -0.2) is 0 Å². The lowest BCUT2D eigenvalue weighted by Gasteiger charge is -2.40. The Balaban J connectivity index is 0.886. The summed E-state index contributed by atoms with van der Waals surface area (Å²) in [5.41, 5.74) is 15.3. The molecule has 0 aliphatic heterocycles. The first kappa shape index (κ1) is 37.1. The van der Waals surface area contributed by atoms with Crippen LogP contribution < -0.4 is 15.3 Å². The van der Waals surface area contributed by atoms with E-state index in [1.807, 2.05) is 0 Å². The Hall–Kier alpha value is -6.64. The lowest BCUT2D eigenvalue weighted by molar-refractivity contribution is 0.509. The molecule has 2 nitrogen and oxygen atoms in total. The van der Waals surface area contributed by atoms with Gasteiger partial charge < -0.3 is 9.47 Å². The van der Waals surface area contributed by atoms with E-state index in [1.54, 1.807) is 16.7 Å². The van der Waals surface area contributed by atoms with Crippen molar-refractivity contribution in [2.24, 2.45) is 11.8 Å². The average Bonchev–Trinajstić information content (AvgIpc) is 3.70. The second-order valence-electron chi connectivity index (χ2n) is 18.1. The van der Waals surface area contributed by atoms with Crippen molar-refractivity contribution < 1.29 is 0 Å². The lowest BCUT2D eigenvalue weighted by Crippen LogP contribution is -2.39. The normalized spacial score (nSPS) is 20.8. The summed E-state index contributed by atoms with van der Waals surface area (Å²) >= 11 is 0. The minimum Gasteiger partial charge on any atom is -0.342 e. The molecule has 2 heteroatoms. The number of hydrogen-bond donors (Lipinski definition) is 0. The Morgan fingerprint density at radius 1 is 0.597 bits per heavy atom. The zero-order valence-electron chi connectivity index (χ0n) is 35.4. The second-order valence-corrected chi connectivity index (χ2v) is 18.1. The highest BCUT2D eigenvalue weighted by Gasteiger charge is 2.31. The molecule has 302 valence electrons. The fourth-order valence-electron chi connectivity index (χ4n) is 11.6. The molecule has 5 aliphatic carbocycles. The van der Waals surface area contributed by atoms with Gasteiger partial charge in [0.25, 0.3) is 0 Å². The summed E-state index contributed by atoms with van der Waals surface area (Å²) in [5, 5.41) is 8.13. The maximum absolute atomic E-state index is 2.75. The topological polar surface area (TPSA) is 8.17 Å². The molecule has 12 rings (SSSR count). The molecule has 0 radical (unpaired) electrons. The first-order chi connectivity index (χ1) is 30.7. The molecule has 0 saturated carbocycles. The van der Waals surface area contributed by atoms with Crippen molar-refractivity contribution in [2.45, 2.75) is 63.8 Å². The molecule has 0 fully saturated rings. The lowest BCUT2D eigenvalue weighted by atomic mass is 9.75. The van der Waals surface area contributed by atoms with Crippen LogP contribution in [-0.2, 0) is 0 Å². The summed E-state index contributed by atoms with van der Waals surface area (Å²) in [5.74, 6) is 1.07. The molecule has 3 atom stereocenters. The number of fused-ring (bicyclic) bond motifs is 7. The molecular formula is C60H52N2. The van der Waals surface area contributed by atoms with Crippen molar-refractivity contribution in [3.63, 3.8) is 0 Å². The Bertz CT molecular complexity index is 3230. The minimum absolute atomic E-state index is 0.446. The van der Waals surface area contributed by atoms with Gasteiger partial charge >= 0.3 is 0 Å². The maximum Gasteiger partial charge on any atom is 0.0547 e. The highest BCUT2D eigenvalue weighted by atomic mass is 15.2. The fourth-order valence-corrected chi connectivity index (χ4v) is 11.6. The molecule has 7 aromatic rings. The summed E-state index contributed by atoms with van der Waals surface area (Å²) in [6.45, 7) is 0.